The van der Waals surface area contributed by atoms with Crippen molar-refractivity contribution in [3.05, 3.63) is 63.9 Å². The standard InChI is InChI=1S/C29H31F2N5O4/c1-29(2,3)40-28(38)33-20-10-12-36(13-11-20)27-34-25(18-6-7-19(16-32)21(30)15-18)24(26(37)35(27)4)17-8-9-23(39-5)22(31)14-17/h6-9,14-15,20H,10-13H2,1-5H3,(H,33,38). The Labute approximate surface area is 231 Å². The Hall–Kier alpha value is -4.46. The predicted octanol–water partition coefficient (Wildman–Crippen LogP) is 4.77. The zero-order valence-corrected chi connectivity index (χ0v) is 23.0. The number of hydrogen-bond acceptors (Lipinski definition) is 7. The summed E-state index contributed by atoms with van der Waals surface area (Å²) < 4.78 is 41.0. The summed E-state index contributed by atoms with van der Waals surface area (Å²) in [7, 11) is 2.91. The van der Waals surface area contributed by atoms with Crippen LogP contribution in [-0.4, -0.2) is 47.5 Å². The van der Waals surface area contributed by atoms with E-state index in [1.807, 2.05) is 4.90 Å². The fourth-order valence-corrected chi connectivity index (χ4v) is 4.62. The summed E-state index contributed by atoms with van der Waals surface area (Å²) in [5.41, 5.74) is -0.463. The predicted molar refractivity (Wildman–Crippen MR) is 146 cm³/mol. The van der Waals surface area contributed by atoms with Gasteiger partial charge in [-0.1, -0.05) is 12.1 Å². The van der Waals surface area contributed by atoms with E-state index in [4.69, 9.17) is 19.7 Å². The number of rotatable bonds is 5. The maximum Gasteiger partial charge on any atom is 0.407 e. The first kappa shape index (κ1) is 28.5. The largest absolute Gasteiger partial charge is 0.494 e. The Bertz CT molecular complexity index is 1530. The summed E-state index contributed by atoms with van der Waals surface area (Å²) in [6.45, 7) is 6.35. The van der Waals surface area contributed by atoms with Crippen LogP contribution in [-0.2, 0) is 11.8 Å². The zero-order valence-electron chi connectivity index (χ0n) is 23.0. The molecule has 1 aromatic heterocycles. The van der Waals surface area contributed by atoms with Crippen LogP contribution in [0.15, 0.2) is 41.2 Å². The molecule has 0 bridgehead atoms. The molecule has 1 fully saturated rings. The molecule has 11 heteroatoms. The van der Waals surface area contributed by atoms with Crippen LogP contribution in [0.2, 0.25) is 0 Å². The molecule has 1 amide bonds. The highest BCUT2D eigenvalue weighted by atomic mass is 19.1. The first-order chi connectivity index (χ1) is 18.9. The van der Waals surface area contributed by atoms with Gasteiger partial charge in [-0.2, -0.15) is 5.26 Å². The van der Waals surface area contributed by atoms with Crippen molar-refractivity contribution < 1.29 is 23.0 Å². The summed E-state index contributed by atoms with van der Waals surface area (Å²) >= 11 is 0. The van der Waals surface area contributed by atoms with Crippen molar-refractivity contribution >= 4 is 12.0 Å². The molecule has 0 unspecified atom stereocenters. The topological polar surface area (TPSA) is 109 Å². The number of ether oxygens (including phenoxy) is 2. The van der Waals surface area contributed by atoms with E-state index in [0.717, 1.165) is 6.07 Å². The van der Waals surface area contributed by atoms with Gasteiger partial charge in [0, 0.05) is 31.7 Å². The van der Waals surface area contributed by atoms with E-state index in [9.17, 15) is 18.4 Å². The summed E-state index contributed by atoms with van der Waals surface area (Å²) in [4.78, 5) is 32.7. The van der Waals surface area contributed by atoms with Gasteiger partial charge in [0.25, 0.3) is 5.56 Å². The van der Waals surface area contributed by atoms with E-state index in [0.29, 0.717) is 31.9 Å². The van der Waals surface area contributed by atoms with Gasteiger partial charge in [0.1, 0.15) is 17.5 Å². The molecule has 2 aromatic carbocycles. The van der Waals surface area contributed by atoms with Gasteiger partial charge in [0.2, 0.25) is 5.95 Å². The fourth-order valence-electron chi connectivity index (χ4n) is 4.62. The minimum Gasteiger partial charge on any atom is -0.494 e. The third-order valence-electron chi connectivity index (χ3n) is 6.57. The smallest absolute Gasteiger partial charge is 0.407 e. The Morgan fingerprint density at radius 2 is 1.75 bits per heavy atom. The Balaban J connectivity index is 1.73. The Kier molecular flexibility index (Phi) is 8.09. The third kappa shape index (κ3) is 6.06. The van der Waals surface area contributed by atoms with Gasteiger partial charge in [0.05, 0.1) is 23.9 Å². The number of nitrogens with zero attached hydrogens (tertiary/aromatic N) is 4. The molecule has 0 saturated carbocycles. The molecule has 1 aliphatic rings. The van der Waals surface area contributed by atoms with E-state index >= 15 is 0 Å². The molecule has 3 aromatic rings. The van der Waals surface area contributed by atoms with Crippen LogP contribution in [0.4, 0.5) is 19.5 Å². The highest BCUT2D eigenvalue weighted by Gasteiger charge is 2.27. The van der Waals surface area contributed by atoms with Gasteiger partial charge in [-0.15, -0.1) is 0 Å². The SMILES string of the molecule is COc1ccc(-c2c(-c3ccc(C#N)c(F)c3)nc(N3CCC(NC(=O)OC(C)(C)C)CC3)n(C)c2=O)cc1F. The number of anilines is 1. The molecule has 1 saturated heterocycles. The lowest BCUT2D eigenvalue weighted by atomic mass is 9.99. The van der Waals surface area contributed by atoms with Crippen LogP contribution < -0.4 is 20.5 Å². The maximum absolute atomic E-state index is 14.7. The van der Waals surface area contributed by atoms with Crippen LogP contribution >= 0.6 is 0 Å². The fraction of sp³-hybridized carbons (Fsp3) is 0.379. The van der Waals surface area contributed by atoms with Crippen LogP contribution in [0.25, 0.3) is 22.4 Å². The van der Waals surface area contributed by atoms with Crippen molar-refractivity contribution in [1.82, 2.24) is 14.9 Å². The number of aromatic nitrogens is 2. The van der Waals surface area contributed by atoms with E-state index < -0.39 is 28.9 Å². The number of benzene rings is 2. The third-order valence-corrected chi connectivity index (χ3v) is 6.57. The number of methoxy groups -OCH3 is 1. The second kappa shape index (κ2) is 11.3. The molecular weight excluding hydrogens is 520 g/mol. The number of hydrogen-bond donors (Lipinski definition) is 1. The van der Waals surface area contributed by atoms with Crippen molar-refractivity contribution in [3.63, 3.8) is 0 Å². The number of nitriles is 1. The Morgan fingerprint density at radius 3 is 2.33 bits per heavy atom. The lowest BCUT2D eigenvalue weighted by Gasteiger charge is -2.34. The lowest BCUT2D eigenvalue weighted by Crippen LogP contribution is -2.47. The number of amides is 1. The lowest BCUT2D eigenvalue weighted by molar-refractivity contribution is 0.0497. The number of nitrogens with one attached hydrogen (secondary N) is 1. The van der Waals surface area contributed by atoms with Gasteiger partial charge < -0.3 is 19.7 Å². The minimum absolute atomic E-state index is 0.0129. The number of carbonyl (C=O) groups is 1. The summed E-state index contributed by atoms with van der Waals surface area (Å²) in [5, 5.41) is 12.0. The molecule has 1 aliphatic heterocycles. The molecule has 0 spiro atoms. The molecule has 2 heterocycles. The average molecular weight is 552 g/mol. The summed E-state index contributed by atoms with van der Waals surface area (Å²) in [6.07, 6.45) is 0.681. The number of halogens is 2. The van der Waals surface area contributed by atoms with Crippen LogP contribution in [0.1, 0.15) is 39.2 Å². The molecule has 0 radical (unpaired) electrons. The number of carbonyl (C=O) groups excluding carboxylic acids is 1. The van der Waals surface area contributed by atoms with Crippen molar-refractivity contribution in [3.8, 4) is 34.2 Å². The minimum atomic E-state index is -0.759. The maximum atomic E-state index is 14.7. The molecule has 0 aliphatic carbocycles. The first-order valence-corrected chi connectivity index (χ1v) is 12.8. The highest BCUT2D eigenvalue weighted by Crippen LogP contribution is 2.33. The number of alkyl carbamates (subject to hydrolysis) is 1. The monoisotopic (exact) mass is 551 g/mol. The molecule has 4 rings (SSSR count). The second-order valence-corrected chi connectivity index (χ2v) is 10.6. The van der Waals surface area contributed by atoms with E-state index in [1.165, 1.54) is 42.0 Å². The van der Waals surface area contributed by atoms with Gasteiger partial charge in [0.15, 0.2) is 11.6 Å². The van der Waals surface area contributed by atoms with Crippen LogP contribution in [0.3, 0.4) is 0 Å². The number of piperidine rings is 1. The van der Waals surface area contributed by atoms with Crippen molar-refractivity contribution in [2.75, 3.05) is 25.1 Å². The van der Waals surface area contributed by atoms with Gasteiger partial charge in [-0.3, -0.25) is 9.36 Å². The van der Waals surface area contributed by atoms with E-state index in [2.05, 4.69) is 5.32 Å². The van der Waals surface area contributed by atoms with Gasteiger partial charge >= 0.3 is 6.09 Å². The normalized spacial score (nSPS) is 14.0. The second-order valence-electron chi connectivity index (χ2n) is 10.6. The van der Waals surface area contributed by atoms with Crippen LogP contribution in [0.5, 0.6) is 5.75 Å². The molecule has 9 nitrogen and oxygen atoms in total. The van der Waals surface area contributed by atoms with E-state index in [1.54, 1.807) is 33.9 Å². The van der Waals surface area contributed by atoms with Crippen molar-refractivity contribution in [2.24, 2.45) is 7.05 Å². The quantitative estimate of drug-likeness (QED) is 0.487. The average Bonchev–Trinajstić information content (AvgIpc) is 2.89. The first-order valence-electron chi connectivity index (χ1n) is 12.8. The molecule has 210 valence electrons. The summed E-state index contributed by atoms with van der Waals surface area (Å²) in [5.74, 6) is -1.07. The van der Waals surface area contributed by atoms with Gasteiger partial charge in [-0.25, -0.2) is 18.6 Å². The highest BCUT2D eigenvalue weighted by molar-refractivity contribution is 5.81. The Morgan fingerprint density at radius 1 is 1.10 bits per heavy atom. The molecule has 0 atom stereocenters. The molecule has 40 heavy (non-hydrogen) atoms. The van der Waals surface area contributed by atoms with Gasteiger partial charge in [-0.05, 0) is 63.4 Å². The van der Waals surface area contributed by atoms with E-state index in [-0.39, 0.29) is 39.7 Å². The molecular formula is C29H31F2N5O4. The zero-order chi connectivity index (χ0) is 29.2. The summed E-state index contributed by atoms with van der Waals surface area (Å²) in [6, 6.07) is 9.75. The molecule has 1 N–H and O–H groups in total. The van der Waals surface area contributed by atoms with Crippen molar-refractivity contribution in [2.45, 2.75) is 45.3 Å². The van der Waals surface area contributed by atoms with Crippen molar-refractivity contribution in [1.29, 1.82) is 5.26 Å². The van der Waals surface area contributed by atoms with Crippen LogP contribution in [0, 0.1) is 23.0 Å².